The average molecular weight is 294 g/mol. The molecule has 4 heteroatoms. The summed E-state index contributed by atoms with van der Waals surface area (Å²) in [5.74, 6) is 0.760. The molecule has 21 heavy (non-hydrogen) atoms. The van der Waals surface area contributed by atoms with E-state index in [0.29, 0.717) is 19.6 Å². The first-order valence-electron chi connectivity index (χ1n) is 7.63. The predicted molar refractivity (Wildman–Crippen MR) is 87.7 cm³/mol. The number of aliphatic hydroxyl groups is 1. The van der Waals surface area contributed by atoms with Crippen LogP contribution >= 0.6 is 0 Å². The second-order valence-corrected chi connectivity index (χ2v) is 6.60. The highest BCUT2D eigenvalue weighted by Gasteiger charge is 2.27. The van der Waals surface area contributed by atoms with Gasteiger partial charge in [-0.25, -0.2) is 0 Å². The van der Waals surface area contributed by atoms with Gasteiger partial charge in [-0.3, -0.25) is 0 Å². The lowest BCUT2D eigenvalue weighted by Gasteiger charge is -2.28. The Morgan fingerprint density at radius 3 is 2.38 bits per heavy atom. The SMILES string of the molecule is CCOc1c(C(O)C(N)CCN)cc(C)cc1C(C)(C)C. The molecule has 5 N–H and O–H groups in total. The van der Waals surface area contributed by atoms with Crippen molar-refractivity contribution in [3.63, 3.8) is 0 Å². The van der Waals surface area contributed by atoms with Crippen LogP contribution in [-0.4, -0.2) is 24.3 Å². The van der Waals surface area contributed by atoms with Gasteiger partial charge in [0.1, 0.15) is 5.75 Å². The van der Waals surface area contributed by atoms with Gasteiger partial charge in [-0.1, -0.05) is 32.4 Å². The Labute approximate surface area is 128 Å². The summed E-state index contributed by atoms with van der Waals surface area (Å²) in [5.41, 5.74) is 14.5. The summed E-state index contributed by atoms with van der Waals surface area (Å²) in [4.78, 5) is 0. The van der Waals surface area contributed by atoms with Gasteiger partial charge in [-0.2, -0.15) is 0 Å². The number of benzene rings is 1. The van der Waals surface area contributed by atoms with Crippen molar-refractivity contribution in [2.75, 3.05) is 13.2 Å². The van der Waals surface area contributed by atoms with Crippen LogP contribution in [0.3, 0.4) is 0 Å². The third-order valence-electron chi connectivity index (χ3n) is 3.58. The monoisotopic (exact) mass is 294 g/mol. The first-order chi connectivity index (χ1) is 9.72. The van der Waals surface area contributed by atoms with Crippen molar-refractivity contribution >= 4 is 0 Å². The Balaban J connectivity index is 3.39. The summed E-state index contributed by atoms with van der Waals surface area (Å²) in [5, 5.41) is 10.6. The fraction of sp³-hybridized carbons (Fsp3) is 0.647. The molecule has 1 rings (SSSR count). The molecule has 0 spiro atoms. The van der Waals surface area contributed by atoms with Gasteiger partial charge in [0.25, 0.3) is 0 Å². The van der Waals surface area contributed by atoms with Gasteiger partial charge in [-0.15, -0.1) is 0 Å². The molecule has 4 nitrogen and oxygen atoms in total. The molecule has 0 aliphatic rings. The molecule has 0 fully saturated rings. The van der Waals surface area contributed by atoms with Crippen LogP contribution < -0.4 is 16.2 Å². The lowest BCUT2D eigenvalue weighted by atomic mass is 9.82. The molecule has 0 heterocycles. The maximum atomic E-state index is 10.6. The number of ether oxygens (including phenoxy) is 1. The van der Waals surface area contributed by atoms with E-state index >= 15 is 0 Å². The fourth-order valence-electron chi connectivity index (χ4n) is 2.46. The van der Waals surface area contributed by atoms with Crippen molar-refractivity contribution in [1.82, 2.24) is 0 Å². The Kier molecular flexibility index (Phi) is 6.20. The van der Waals surface area contributed by atoms with E-state index in [9.17, 15) is 5.11 Å². The quantitative estimate of drug-likeness (QED) is 0.752. The third kappa shape index (κ3) is 4.43. The van der Waals surface area contributed by atoms with Crippen LogP contribution in [0.25, 0.3) is 0 Å². The highest BCUT2D eigenvalue weighted by molar-refractivity contribution is 5.49. The molecule has 0 aromatic heterocycles. The van der Waals surface area contributed by atoms with E-state index in [-0.39, 0.29) is 11.5 Å². The second-order valence-electron chi connectivity index (χ2n) is 6.60. The van der Waals surface area contributed by atoms with Gasteiger partial charge in [0, 0.05) is 17.2 Å². The standard InChI is InChI=1S/C17H30N2O2/c1-6-21-16-12(15(20)14(19)7-8-18)9-11(2)10-13(16)17(3,4)5/h9-10,14-15,20H,6-8,18-19H2,1-5H3. The Morgan fingerprint density at radius 2 is 1.90 bits per heavy atom. The van der Waals surface area contributed by atoms with Gasteiger partial charge in [0.15, 0.2) is 0 Å². The molecule has 0 radical (unpaired) electrons. The smallest absolute Gasteiger partial charge is 0.128 e. The third-order valence-corrected chi connectivity index (χ3v) is 3.58. The zero-order valence-electron chi connectivity index (χ0n) is 13.9. The van der Waals surface area contributed by atoms with Crippen LogP contribution in [0, 0.1) is 6.92 Å². The van der Waals surface area contributed by atoms with Gasteiger partial charge in [-0.05, 0) is 38.3 Å². The zero-order chi connectivity index (χ0) is 16.2. The largest absolute Gasteiger partial charge is 0.493 e. The first kappa shape index (κ1) is 18.0. The molecule has 1 aromatic carbocycles. The summed E-state index contributed by atoms with van der Waals surface area (Å²) in [7, 11) is 0. The van der Waals surface area contributed by atoms with Crippen molar-refractivity contribution in [2.24, 2.45) is 11.5 Å². The number of nitrogens with two attached hydrogens (primary N) is 2. The van der Waals surface area contributed by atoms with Gasteiger partial charge >= 0.3 is 0 Å². The summed E-state index contributed by atoms with van der Waals surface area (Å²) in [6.07, 6.45) is -0.193. The van der Waals surface area contributed by atoms with E-state index < -0.39 is 6.10 Å². The highest BCUT2D eigenvalue weighted by atomic mass is 16.5. The van der Waals surface area contributed by atoms with E-state index in [0.717, 1.165) is 22.4 Å². The van der Waals surface area contributed by atoms with E-state index in [1.807, 2.05) is 19.9 Å². The molecular formula is C17H30N2O2. The van der Waals surface area contributed by atoms with Crippen molar-refractivity contribution < 1.29 is 9.84 Å². The molecule has 120 valence electrons. The molecule has 0 saturated carbocycles. The Bertz CT molecular complexity index is 467. The number of hydrogen-bond donors (Lipinski definition) is 3. The minimum atomic E-state index is -0.768. The fourth-order valence-corrected chi connectivity index (χ4v) is 2.46. The summed E-state index contributed by atoms with van der Waals surface area (Å²) < 4.78 is 5.85. The van der Waals surface area contributed by atoms with Crippen molar-refractivity contribution in [3.8, 4) is 5.75 Å². The first-order valence-corrected chi connectivity index (χ1v) is 7.63. The molecule has 0 bridgehead atoms. The average Bonchev–Trinajstić information content (AvgIpc) is 2.38. The molecule has 1 aromatic rings. The maximum absolute atomic E-state index is 10.6. The van der Waals surface area contributed by atoms with Crippen LogP contribution in [0.1, 0.15) is 56.9 Å². The van der Waals surface area contributed by atoms with E-state index in [2.05, 4.69) is 26.8 Å². The van der Waals surface area contributed by atoms with Gasteiger partial charge < -0.3 is 21.3 Å². The molecule has 0 saturated heterocycles. The molecular weight excluding hydrogens is 264 g/mol. The van der Waals surface area contributed by atoms with Crippen LogP contribution in [0.2, 0.25) is 0 Å². The maximum Gasteiger partial charge on any atom is 0.128 e. The highest BCUT2D eigenvalue weighted by Crippen LogP contribution is 2.38. The summed E-state index contributed by atoms with van der Waals surface area (Å²) in [6.45, 7) is 11.4. The molecule has 0 amide bonds. The predicted octanol–water partition coefficient (Wildman–Crippen LogP) is 2.40. The van der Waals surface area contributed by atoms with Crippen LogP contribution in [-0.2, 0) is 5.41 Å². The number of rotatable bonds is 6. The topological polar surface area (TPSA) is 81.5 Å². The van der Waals surface area contributed by atoms with Gasteiger partial charge in [0.2, 0.25) is 0 Å². The lowest BCUT2D eigenvalue weighted by Crippen LogP contribution is -2.31. The molecule has 2 atom stereocenters. The van der Waals surface area contributed by atoms with Gasteiger partial charge in [0.05, 0.1) is 12.7 Å². The van der Waals surface area contributed by atoms with E-state index in [4.69, 9.17) is 16.2 Å². The lowest BCUT2D eigenvalue weighted by molar-refractivity contribution is 0.138. The Hall–Kier alpha value is -1.10. The summed E-state index contributed by atoms with van der Waals surface area (Å²) in [6, 6.07) is 3.69. The van der Waals surface area contributed by atoms with Crippen LogP contribution in [0.15, 0.2) is 12.1 Å². The normalized spacial score (nSPS) is 14.9. The second kappa shape index (κ2) is 7.25. The van der Waals surface area contributed by atoms with Crippen LogP contribution in [0.4, 0.5) is 0 Å². The minimum Gasteiger partial charge on any atom is -0.493 e. The van der Waals surface area contributed by atoms with Crippen LogP contribution in [0.5, 0.6) is 5.75 Å². The molecule has 0 aliphatic heterocycles. The number of aliphatic hydroxyl groups excluding tert-OH is 1. The Morgan fingerprint density at radius 1 is 1.29 bits per heavy atom. The minimum absolute atomic E-state index is 0.0665. The molecule has 0 aliphatic carbocycles. The zero-order valence-corrected chi connectivity index (χ0v) is 13.9. The molecule has 2 unspecified atom stereocenters. The number of aryl methyl sites for hydroxylation is 1. The van der Waals surface area contributed by atoms with Crippen molar-refractivity contribution in [2.45, 2.75) is 58.6 Å². The summed E-state index contributed by atoms with van der Waals surface area (Å²) >= 11 is 0. The number of hydrogen-bond acceptors (Lipinski definition) is 4. The van der Waals surface area contributed by atoms with Crippen molar-refractivity contribution in [1.29, 1.82) is 0 Å². The van der Waals surface area contributed by atoms with E-state index in [1.54, 1.807) is 0 Å². The van der Waals surface area contributed by atoms with Crippen molar-refractivity contribution in [3.05, 3.63) is 28.8 Å². The van der Waals surface area contributed by atoms with E-state index in [1.165, 1.54) is 0 Å².